The van der Waals surface area contributed by atoms with Crippen LogP contribution < -0.4 is 4.74 Å². The van der Waals surface area contributed by atoms with Crippen molar-refractivity contribution in [3.63, 3.8) is 0 Å². The highest BCUT2D eigenvalue weighted by Crippen LogP contribution is 2.38. The van der Waals surface area contributed by atoms with Crippen LogP contribution in [0.1, 0.15) is 54.9 Å². The Morgan fingerprint density at radius 1 is 0.867 bits per heavy atom. The van der Waals surface area contributed by atoms with E-state index in [-0.39, 0.29) is 18.1 Å². The van der Waals surface area contributed by atoms with Crippen LogP contribution in [0.4, 0.5) is 0 Å². The molecule has 5 nitrogen and oxygen atoms in total. The summed E-state index contributed by atoms with van der Waals surface area (Å²) in [5, 5.41) is 17.8. The molecular formula is C24H30O5S. The molecule has 0 aliphatic heterocycles. The monoisotopic (exact) mass is 430 g/mol. The van der Waals surface area contributed by atoms with Gasteiger partial charge in [-0.15, -0.1) is 0 Å². The molecule has 1 atom stereocenters. The lowest BCUT2D eigenvalue weighted by molar-refractivity contribution is -0.137. The lowest BCUT2D eigenvalue weighted by atomic mass is 10.1. The maximum Gasteiger partial charge on any atom is 0.304 e. The van der Waals surface area contributed by atoms with Gasteiger partial charge in [-0.05, 0) is 30.9 Å². The summed E-state index contributed by atoms with van der Waals surface area (Å²) >= 11 is 1.35. The number of benzene rings is 2. The molecule has 30 heavy (non-hydrogen) atoms. The predicted molar refractivity (Wildman–Crippen MR) is 120 cm³/mol. The van der Waals surface area contributed by atoms with Gasteiger partial charge in [0, 0.05) is 16.6 Å². The van der Waals surface area contributed by atoms with Gasteiger partial charge in [-0.2, -0.15) is 11.8 Å². The summed E-state index contributed by atoms with van der Waals surface area (Å²) in [5.74, 6) is -0.733. The number of carboxylic acids is 2. The fraction of sp³-hybridized carbons (Fsp3) is 0.417. The Balaban J connectivity index is 1.79. The average molecular weight is 431 g/mol. The van der Waals surface area contributed by atoms with Gasteiger partial charge in [0.25, 0.3) is 0 Å². The van der Waals surface area contributed by atoms with Crippen molar-refractivity contribution in [2.45, 2.75) is 50.2 Å². The van der Waals surface area contributed by atoms with Crippen LogP contribution in [-0.4, -0.2) is 34.5 Å². The number of carboxylic acid groups (broad SMARTS) is 2. The number of para-hydroxylation sites is 1. The molecule has 0 bridgehead atoms. The van der Waals surface area contributed by atoms with Gasteiger partial charge < -0.3 is 14.9 Å². The summed E-state index contributed by atoms with van der Waals surface area (Å²) in [4.78, 5) is 22.1. The lowest BCUT2D eigenvalue weighted by Crippen LogP contribution is -2.08. The van der Waals surface area contributed by atoms with Crippen molar-refractivity contribution in [2.24, 2.45) is 0 Å². The van der Waals surface area contributed by atoms with Gasteiger partial charge >= 0.3 is 11.9 Å². The lowest BCUT2D eigenvalue weighted by Gasteiger charge is -2.19. The quantitative estimate of drug-likeness (QED) is 0.358. The molecule has 2 rings (SSSR count). The number of rotatable bonds is 15. The van der Waals surface area contributed by atoms with E-state index < -0.39 is 11.9 Å². The Hall–Kier alpha value is -2.47. The first kappa shape index (κ1) is 23.8. The number of carbonyl (C=O) groups is 2. The van der Waals surface area contributed by atoms with E-state index in [0.29, 0.717) is 18.1 Å². The molecule has 2 N–H and O–H groups in total. The van der Waals surface area contributed by atoms with E-state index in [1.165, 1.54) is 17.3 Å². The smallest absolute Gasteiger partial charge is 0.304 e. The number of unbranched alkanes of at least 4 members (excludes halogenated alkanes) is 3. The van der Waals surface area contributed by atoms with Crippen molar-refractivity contribution in [2.75, 3.05) is 12.4 Å². The van der Waals surface area contributed by atoms with Crippen LogP contribution in [0.25, 0.3) is 0 Å². The van der Waals surface area contributed by atoms with Crippen LogP contribution in [-0.2, 0) is 16.0 Å². The van der Waals surface area contributed by atoms with Gasteiger partial charge in [0.1, 0.15) is 5.75 Å². The molecule has 2 aromatic carbocycles. The van der Waals surface area contributed by atoms with Gasteiger partial charge in [0.05, 0.1) is 19.4 Å². The van der Waals surface area contributed by atoms with Crippen LogP contribution in [0.2, 0.25) is 0 Å². The normalized spacial score (nSPS) is 11.7. The minimum absolute atomic E-state index is 0.00674. The third kappa shape index (κ3) is 9.35. The third-order valence-electron chi connectivity index (χ3n) is 4.72. The second-order valence-electron chi connectivity index (χ2n) is 7.14. The third-order valence-corrected chi connectivity index (χ3v) is 5.98. The number of hydrogen-bond acceptors (Lipinski definition) is 4. The standard InChI is InChI=1S/C24H30O5S/c25-23(26)15-17-30-22(18-24(27)28)20-13-7-8-14-21(20)29-16-9-2-1-4-10-19-11-5-3-6-12-19/h3,5-8,11-14,22H,1-2,4,9-10,15-18H2,(H,25,26)(H,27,28). The highest BCUT2D eigenvalue weighted by Gasteiger charge is 2.20. The van der Waals surface area contributed by atoms with Crippen molar-refractivity contribution in [3.05, 3.63) is 65.7 Å². The van der Waals surface area contributed by atoms with E-state index in [4.69, 9.17) is 9.84 Å². The van der Waals surface area contributed by atoms with Gasteiger partial charge in [0.15, 0.2) is 0 Å². The molecule has 0 aliphatic rings. The molecule has 0 fully saturated rings. The topological polar surface area (TPSA) is 83.8 Å². The summed E-state index contributed by atoms with van der Waals surface area (Å²) in [5.41, 5.74) is 2.19. The molecule has 0 radical (unpaired) electrons. The second kappa shape index (κ2) is 13.7. The second-order valence-corrected chi connectivity index (χ2v) is 8.45. The van der Waals surface area contributed by atoms with Crippen LogP contribution in [0.5, 0.6) is 5.75 Å². The van der Waals surface area contributed by atoms with Crippen LogP contribution in [0.15, 0.2) is 54.6 Å². The first-order valence-corrected chi connectivity index (χ1v) is 11.4. The number of hydrogen-bond donors (Lipinski definition) is 2. The van der Waals surface area contributed by atoms with E-state index in [0.717, 1.165) is 37.7 Å². The molecule has 0 amide bonds. The Kier molecular flexibility index (Phi) is 10.9. The summed E-state index contributed by atoms with van der Waals surface area (Å²) in [6, 6.07) is 17.9. The van der Waals surface area contributed by atoms with Crippen LogP contribution in [0, 0.1) is 0 Å². The van der Waals surface area contributed by atoms with Crippen LogP contribution >= 0.6 is 11.8 Å². The molecule has 6 heteroatoms. The zero-order chi connectivity index (χ0) is 21.6. The number of aliphatic carboxylic acids is 2. The van der Waals surface area contributed by atoms with Crippen molar-refractivity contribution in [1.29, 1.82) is 0 Å². The van der Waals surface area contributed by atoms with Crippen molar-refractivity contribution in [1.82, 2.24) is 0 Å². The molecular weight excluding hydrogens is 400 g/mol. The summed E-state index contributed by atoms with van der Waals surface area (Å²) in [6.45, 7) is 0.585. The fourth-order valence-corrected chi connectivity index (χ4v) is 4.41. The molecule has 0 aliphatic carbocycles. The Labute approximate surface area is 182 Å². The van der Waals surface area contributed by atoms with Crippen molar-refractivity contribution < 1.29 is 24.5 Å². The zero-order valence-electron chi connectivity index (χ0n) is 17.2. The van der Waals surface area contributed by atoms with Gasteiger partial charge in [0.2, 0.25) is 0 Å². The van der Waals surface area contributed by atoms with Crippen molar-refractivity contribution in [3.8, 4) is 5.75 Å². The van der Waals surface area contributed by atoms with Gasteiger partial charge in [-0.25, -0.2) is 0 Å². The summed E-state index contributed by atoms with van der Waals surface area (Å²) < 4.78 is 5.97. The van der Waals surface area contributed by atoms with Crippen LogP contribution in [0.3, 0.4) is 0 Å². The van der Waals surface area contributed by atoms with E-state index in [1.807, 2.05) is 30.3 Å². The molecule has 1 unspecified atom stereocenters. The fourth-order valence-electron chi connectivity index (χ4n) is 3.20. The molecule has 0 spiro atoms. The van der Waals surface area contributed by atoms with Crippen molar-refractivity contribution >= 4 is 23.7 Å². The number of thioether (sulfide) groups is 1. The maximum absolute atomic E-state index is 11.3. The minimum atomic E-state index is -0.906. The van der Waals surface area contributed by atoms with E-state index in [2.05, 4.69) is 24.3 Å². The highest BCUT2D eigenvalue weighted by molar-refractivity contribution is 7.99. The number of ether oxygens (including phenoxy) is 1. The SMILES string of the molecule is O=C(O)CCSC(CC(=O)O)c1ccccc1OCCCCCCc1ccccc1. The summed E-state index contributed by atoms with van der Waals surface area (Å²) in [6.07, 6.45) is 5.36. The van der Waals surface area contributed by atoms with Gasteiger partial charge in [-0.3, -0.25) is 9.59 Å². The maximum atomic E-state index is 11.3. The first-order valence-electron chi connectivity index (χ1n) is 10.4. The number of aryl methyl sites for hydroxylation is 1. The van der Waals surface area contributed by atoms with Gasteiger partial charge in [-0.1, -0.05) is 61.4 Å². The summed E-state index contributed by atoms with van der Waals surface area (Å²) in [7, 11) is 0. The first-order chi connectivity index (χ1) is 14.6. The Bertz CT molecular complexity index is 778. The zero-order valence-corrected chi connectivity index (χ0v) is 18.0. The molecule has 0 saturated carbocycles. The van der Waals surface area contributed by atoms with E-state index in [1.54, 1.807) is 0 Å². The average Bonchev–Trinajstić information content (AvgIpc) is 2.73. The molecule has 0 heterocycles. The highest BCUT2D eigenvalue weighted by atomic mass is 32.2. The molecule has 0 saturated heterocycles. The minimum Gasteiger partial charge on any atom is -0.493 e. The molecule has 162 valence electrons. The Morgan fingerprint density at radius 2 is 1.57 bits per heavy atom. The van der Waals surface area contributed by atoms with E-state index >= 15 is 0 Å². The molecule has 0 aromatic heterocycles. The Morgan fingerprint density at radius 3 is 2.30 bits per heavy atom. The largest absolute Gasteiger partial charge is 0.493 e. The van der Waals surface area contributed by atoms with E-state index in [9.17, 15) is 14.7 Å². The molecule has 2 aromatic rings. The predicted octanol–water partition coefficient (Wildman–Crippen LogP) is 5.59.